The number of aromatic nitrogens is 1. The number of carbonyl (C=O) groups is 2. The number of benzene rings is 3. The molecule has 0 unspecified atom stereocenters. The van der Waals surface area contributed by atoms with Gasteiger partial charge in [-0.1, -0.05) is 29.8 Å². The van der Waals surface area contributed by atoms with Gasteiger partial charge >= 0.3 is 11.6 Å². The fourth-order valence-corrected chi connectivity index (χ4v) is 6.69. The van der Waals surface area contributed by atoms with Crippen molar-refractivity contribution in [2.24, 2.45) is 0 Å². The molecule has 0 spiro atoms. The SMILES string of the molecule is COc1ccc(C(=O)Nc2c(OC)c3ccc(O[C@@H]4OC(C)(C)[C@H](OC)[C@@H](OC(=O)c5cc6ccccc6[nH]5)[C@H]4O)c(C)c3oc2=O)cc1CC=C(C)C. The van der Waals surface area contributed by atoms with Gasteiger partial charge in [0.05, 0.1) is 25.2 Å². The Kier molecular flexibility index (Phi) is 10.9. The van der Waals surface area contributed by atoms with Crippen LogP contribution in [0.15, 0.2) is 81.5 Å². The highest BCUT2D eigenvalue weighted by molar-refractivity contribution is 6.07. The first-order valence-corrected chi connectivity index (χ1v) is 17.4. The van der Waals surface area contributed by atoms with Crippen LogP contribution in [0.2, 0.25) is 0 Å². The Hall–Kier alpha value is -5.63. The fraction of sp³-hybridized carbons (Fsp3) is 0.341. The normalized spacial score (nSPS) is 19.3. The molecule has 0 bridgehead atoms. The minimum Gasteiger partial charge on any atom is -0.496 e. The number of fused-ring (bicyclic) bond motifs is 2. The Morgan fingerprint density at radius 2 is 1.74 bits per heavy atom. The van der Waals surface area contributed by atoms with E-state index in [-0.39, 0.29) is 28.5 Å². The zero-order valence-electron chi connectivity index (χ0n) is 31.4. The summed E-state index contributed by atoms with van der Waals surface area (Å²) in [6.45, 7) is 9.09. The van der Waals surface area contributed by atoms with E-state index in [2.05, 4.69) is 10.3 Å². The van der Waals surface area contributed by atoms with Gasteiger partial charge in [0, 0.05) is 29.1 Å². The van der Waals surface area contributed by atoms with Crippen molar-refractivity contribution < 1.29 is 47.5 Å². The molecule has 1 aliphatic rings. The maximum atomic E-state index is 13.4. The van der Waals surface area contributed by atoms with E-state index in [0.717, 1.165) is 22.0 Å². The molecule has 4 atom stereocenters. The quantitative estimate of drug-likeness (QED) is 0.0771. The predicted octanol–water partition coefficient (Wildman–Crippen LogP) is 6.48. The summed E-state index contributed by atoms with van der Waals surface area (Å²) in [5.74, 6) is -0.301. The van der Waals surface area contributed by atoms with Crippen molar-refractivity contribution in [1.82, 2.24) is 4.98 Å². The van der Waals surface area contributed by atoms with E-state index >= 15 is 0 Å². The highest BCUT2D eigenvalue weighted by Gasteiger charge is 2.53. The molecule has 0 saturated carbocycles. The average Bonchev–Trinajstić information content (AvgIpc) is 3.59. The van der Waals surface area contributed by atoms with Crippen molar-refractivity contribution in [1.29, 1.82) is 0 Å². The summed E-state index contributed by atoms with van der Waals surface area (Å²) in [5.41, 5.74) is 1.59. The summed E-state index contributed by atoms with van der Waals surface area (Å²) in [6, 6.07) is 17.3. The number of esters is 1. The molecule has 284 valence electrons. The lowest BCUT2D eigenvalue weighted by Crippen LogP contribution is -2.65. The summed E-state index contributed by atoms with van der Waals surface area (Å²) in [5, 5.41) is 15.4. The minimum atomic E-state index is -1.49. The zero-order chi connectivity index (χ0) is 38.9. The molecule has 54 heavy (non-hydrogen) atoms. The van der Waals surface area contributed by atoms with Gasteiger partial charge in [-0.3, -0.25) is 4.79 Å². The monoisotopic (exact) mass is 740 g/mol. The highest BCUT2D eigenvalue weighted by atomic mass is 16.7. The number of methoxy groups -OCH3 is 3. The third-order valence-corrected chi connectivity index (χ3v) is 9.45. The number of rotatable bonds is 11. The Morgan fingerprint density at radius 1 is 1.00 bits per heavy atom. The number of aliphatic hydroxyl groups is 1. The summed E-state index contributed by atoms with van der Waals surface area (Å²) in [4.78, 5) is 43.3. The molecule has 6 rings (SSSR count). The largest absolute Gasteiger partial charge is 0.496 e. The van der Waals surface area contributed by atoms with E-state index < -0.39 is 47.7 Å². The maximum absolute atomic E-state index is 13.4. The lowest BCUT2D eigenvalue weighted by atomic mass is 9.89. The first-order valence-electron chi connectivity index (χ1n) is 17.4. The van der Waals surface area contributed by atoms with Gasteiger partial charge in [0.1, 0.15) is 28.9 Å². The predicted molar refractivity (Wildman–Crippen MR) is 202 cm³/mol. The van der Waals surface area contributed by atoms with Crippen molar-refractivity contribution in [2.75, 3.05) is 26.6 Å². The first-order chi connectivity index (χ1) is 25.8. The second-order valence-electron chi connectivity index (χ2n) is 13.8. The molecule has 13 nitrogen and oxygen atoms in total. The van der Waals surface area contributed by atoms with Gasteiger partial charge in [-0.2, -0.15) is 0 Å². The van der Waals surface area contributed by atoms with Crippen LogP contribution in [0, 0.1) is 6.92 Å². The Bertz CT molecular complexity index is 2270. The number of aryl methyl sites for hydroxylation is 1. The van der Waals surface area contributed by atoms with Crippen LogP contribution in [0.1, 0.15) is 59.7 Å². The summed E-state index contributed by atoms with van der Waals surface area (Å²) in [7, 11) is 4.38. The number of carbonyl (C=O) groups excluding carboxylic acids is 2. The van der Waals surface area contributed by atoms with Gasteiger partial charge in [0.15, 0.2) is 23.6 Å². The van der Waals surface area contributed by atoms with Crippen LogP contribution in [-0.2, 0) is 20.6 Å². The van der Waals surface area contributed by atoms with Gasteiger partial charge in [-0.15, -0.1) is 0 Å². The number of aliphatic hydroxyl groups excluding tert-OH is 1. The third kappa shape index (κ3) is 7.43. The van der Waals surface area contributed by atoms with Gasteiger partial charge in [-0.05, 0) is 89.1 Å². The van der Waals surface area contributed by atoms with E-state index in [0.29, 0.717) is 28.7 Å². The Morgan fingerprint density at radius 3 is 2.43 bits per heavy atom. The van der Waals surface area contributed by atoms with Gasteiger partial charge in [0.2, 0.25) is 6.29 Å². The molecule has 0 aliphatic carbocycles. The first kappa shape index (κ1) is 38.1. The second-order valence-corrected chi connectivity index (χ2v) is 13.8. The molecular formula is C41H44N2O11. The summed E-state index contributed by atoms with van der Waals surface area (Å²) >= 11 is 0. The van der Waals surface area contributed by atoms with E-state index in [1.807, 2.05) is 44.2 Å². The summed E-state index contributed by atoms with van der Waals surface area (Å²) in [6.07, 6.45) is -2.30. The smallest absolute Gasteiger partial charge is 0.364 e. The number of ether oxygens (including phenoxy) is 6. The van der Waals surface area contributed by atoms with Crippen LogP contribution >= 0.6 is 0 Å². The molecule has 3 heterocycles. The number of nitrogens with one attached hydrogen (secondary N) is 2. The van der Waals surface area contributed by atoms with Crippen molar-refractivity contribution >= 4 is 39.4 Å². The van der Waals surface area contributed by atoms with Crippen LogP contribution in [0.25, 0.3) is 21.9 Å². The molecule has 13 heteroatoms. The number of anilines is 1. The molecule has 5 aromatic rings. The number of allylic oxidation sites excluding steroid dienone is 2. The average molecular weight is 741 g/mol. The van der Waals surface area contributed by atoms with E-state index in [9.17, 15) is 19.5 Å². The number of aromatic amines is 1. The second kappa shape index (κ2) is 15.4. The fourth-order valence-electron chi connectivity index (χ4n) is 6.69. The van der Waals surface area contributed by atoms with E-state index in [1.165, 1.54) is 14.2 Å². The third-order valence-electron chi connectivity index (χ3n) is 9.45. The standard InChI is InChI=1S/C41H44N2O11/c1-21(2)13-14-24-19-25(15-17-30(24)48-6)37(45)43-31-34(49-7)26-16-18-29(22(3)33(26)52-39(31)47)51-40-32(44)35(36(50-8)41(4,5)54-40)53-38(46)28-20-23-11-9-10-12-27(23)42-28/h9-13,15-20,32,35-36,40,42,44H,14H2,1-8H3,(H,43,45)/t32-,35+,36-,40-/m1/s1. The van der Waals surface area contributed by atoms with Gasteiger partial charge in [0.25, 0.3) is 5.91 Å². The molecule has 1 fully saturated rings. The summed E-state index contributed by atoms with van der Waals surface area (Å²) < 4.78 is 40.8. The number of amides is 1. The van der Waals surface area contributed by atoms with Crippen molar-refractivity contribution in [2.45, 2.75) is 71.2 Å². The van der Waals surface area contributed by atoms with E-state index in [1.54, 1.807) is 64.3 Å². The van der Waals surface area contributed by atoms with E-state index in [4.69, 9.17) is 32.8 Å². The molecule has 3 N–H and O–H groups in total. The number of hydrogen-bond acceptors (Lipinski definition) is 11. The number of hydrogen-bond donors (Lipinski definition) is 3. The molecule has 2 aromatic heterocycles. The lowest BCUT2D eigenvalue weighted by molar-refractivity contribution is -0.305. The van der Waals surface area contributed by atoms with Crippen LogP contribution in [-0.4, -0.2) is 73.5 Å². The Labute approximate surface area is 311 Å². The van der Waals surface area contributed by atoms with Crippen LogP contribution < -0.4 is 25.2 Å². The number of para-hydroxylation sites is 1. The maximum Gasteiger partial charge on any atom is 0.364 e. The topological polar surface area (TPSA) is 168 Å². The van der Waals surface area contributed by atoms with Gasteiger partial charge < -0.3 is 48.2 Å². The Balaban J connectivity index is 1.27. The number of H-pyrrole nitrogens is 1. The molecule has 1 aliphatic heterocycles. The van der Waals surface area contributed by atoms with Crippen molar-refractivity contribution in [3.8, 4) is 17.2 Å². The van der Waals surface area contributed by atoms with Crippen LogP contribution in [0.4, 0.5) is 5.69 Å². The minimum absolute atomic E-state index is 0.0875. The molecule has 1 saturated heterocycles. The molecule has 0 radical (unpaired) electrons. The molecule has 1 amide bonds. The van der Waals surface area contributed by atoms with Crippen LogP contribution in [0.5, 0.6) is 17.2 Å². The van der Waals surface area contributed by atoms with Crippen molar-refractivity contribution in [3.63, 3.8) is 0 Å². The molecule has 3 aromatic carbocycles. The van der Waals surface area contributed by atoms with Crippen LogP contribution in [0.3, 0.4) is 0 Å². The molecular weight excluding hydrogens is 696 g/mol. The van der Waals surface area contributed by atoms with Crippen molar-refractivity contribution in [3.05, 3.63) is 105 Å². The lowest BCUT2D eigenvalue weighted by Gasteiger charge is -2.47. The van der Waals surface area contributed by atoms with Gasteiger partial charge in [-0.25, -0.2) is 9.59 Å². The highest BCUT2D eigenvalue weighted by Crippen LogP contribution is 2.39. The zero-order valence-corrected chi connectivity index (χ0v) is 31.4.